The molecule has 0 aliphatic heterocycles. The maximum atomic E-state index is 5.85. The van der Waals surface area contributed by atoms with Crippen molar-refractivity contribution in [3.63, 3.8) is 0 Å². The van der Waals surface area contributed by atoms with Gasteiger partial charge >= 0.3 is 0 Å². The third-order valence-corrected chi connectivity index (χ3v) is 5.11. The van der Waals surface area contributed by atoms with Crippen LogP contribution in [0.2, 0.25) is 0 Å². The van der Waals surface area contributed by atoms with E-state index in [1.807, 2.05) is 53.1 Å². The SMILES string of the molecule is Cc1cccc(-n2c(-c3ccccc3)nn(CN(C)Cc3cnn(C)c3)c2=S)c1. The number of nitrogens with zero attached hydrogens (tertiary/aromatic N) is 6. The van der Waals surface area contributed by atoms with Crippen molar-refractivity contribution in [3.05, 3.63) is 82.9 Å². The summed E-state index contributed by atoms with van der Waals surface area (Å²) in [6.45, 7) is 3.45. The van der Waals surface area contributed by atoms with Gasteiger partial charge in [0, 0.05) is 30.9 Å². The lowest BCUT2D eigenvalue weighted by Crippen LogP contribution is -2.22. The number of hydrogen-bond acceptors (Lipinski definition) is 4. The predicted molar refractivity (Wildman–Crippen MR) is 117 cm³/mol. The molecule has 0 unspecified atom stereocenters. The van der Waals surface area contributed by atoms with E-state index in [1.165, 1.54) is 5.56 Å². The van der Waals surface area contributed by atoms with Crippen LogP contribution in [0, 0.1) is 11.7 Å². The van der Waals surface area contributed by atoms with E-state index < -0.39 is 0 Å². The van der Waals surface area contributed by atoms with Gasteiger partial charge in [-0.1, -0.05) is 42.5 Å². The molecule has 4 aromatic rings. The van der Waals surface area contributed by atoms with E-state index >= 15 is 0 Å². The van der Waals surface area contributed by atoms with Crippen LogP contribution in [-0.2, 0) is 20.3 Å². The van der Waals surface area contributed by atoms with Crippen molar-refractivity contribution < 1.29 is 0 Å². The maximum absolute atomic E-state index is 5.85. The van der Waals surface area contributed by atoms with Crippen LogP contribution in [0.1, 0.15) is 11.1 Å². The molecular weight excluding hydrogens is 380 g/mol. The maximum Gasteiger partial charge on any atom is 0.204 e. The predicted octanol–water partition coefficient (Wildman–Crippen LogP) is 4.20. The lowest BCUT2D eigenvalue weighted by atomic mass is 10.2. The van der Waals surface area contributed by atoms with E-state index in [9.17, 15) is 0 Å². The second-order valence-corrected chi connectivity index (χ2v) is 7.69. The molecular formula is C22H24N6S. The molecule has 2 aromatic carbocycles. The Bertz CT molecular complexity index is 1170. The first-order valence-electron chi connectivity index (χ1n) is 9.49. The van der Waals surface area contributed by atoms with Gasteiger partial charge in [0.25, 0.3) is 0 Å². The molecule has 2 heterocycles. The summed E-state index contributed by atoms with van der Waals surface area (Å²) in [6.07, 6.45) is 3.91. The molecule has 4 rings (SSSR count). The molecule has 29 heavy (non-hydrogen) atoms. The molecule has 0 spiro atoms. The summed E-state index contributed by atoms with van der Waals surface area (Å²) in [4.78, 5) is 2.18. The zero-order valence-corrected chi connectivity index (χ0v) is 17.7. The molecule has 0 N–H and O–H groups in total. The Morgan fingerprint density at radius 3 is 2.55 bits per heavy atom. The van der Waals surface area contributed by atoms with Crippen LogP contribution in [0.3, 0.4) is 0 Å². The Hall–Kier alpha value is -3.03. The van der Waals surface area contributed by atoms with E-state index in [2.05, 4.69) is 58.9 Å². The molecule has 0 bridgehead atoms. The molecule has 0 saturated carbocycles. The zero-order chi connectivity index (χ0) is 20.4. The van der Waals surface area contributed by atoms with E-state index in [-0.39, 0.29) is 0 Å². The average Bonchev–Trinajstić information content (AvgIpc) is 3.25. The second-order valence-electron chi connectivity index (χ2n) is 7.32. The normalized spacial score (nSPS) is 11.3. The summed E-state index contributed by atoms with van der Waals surface area (Å²) in [5.74, 6) is 0.843. The number of hydrogen-bond donors (Lipinski definition) is 0. The molecule has 0 radical (unpaired) electrons. The number of benzene rings is 2. The zero-order valence-electron chi connectivity index (χ0n) is 16.9. The molecule has 0 aliphatic rings. The van der Waals surface area contributed by atoms with Crippen molar-refractivity contribution in [1.29, 1.82) is 0 Å². The molecule has 6 nitrogen and oxygen atoms in total. The highest BCUT2D eigenvalue weighted by Crippen LogP contribution is 2.23. The van der Waals surface area contributed by atoms with Crippen LogP contribution in [0.5, 0.6) is 0 Å². The Morgan fingerprint density at radius 1 is 1.07 bits per heavy atom. The average molecular weight is 405 g/mol. The standard InChI is InChI=1S/C22H24N6S/c1-17-8-7-11-20(12-17)28-21(19-9-5-4-6-10-19)24-27(22(28)29)16-25(2)14-18-13-23-26(3)15-18/h4-13,15H,14,16H2,1-3H3. The largest absolute Gasteiger partial charge is 0.283 e. The van der Waals surface area contributed by atoms with E-state index in [4.69, 9.17) is 17.3 Å². The van der Waals surface area contributed by atoms with Crippen molar-refractivity contribution >= 4 is 12.2 Å². The Morgan fingerprint density at radius 2 is 1.86 bits per heavy atom. The summed E-state index contributed by atoms with van der Waals surface area (Å²) in [5.41, 5.74) is 4.40. The van der Waals surface area contributed by atoms with Gasteiger partial charge in [0.2, 0.25) is 4.77 Å². The molecule has 2 aromatic heterocycles. The smallest absolute Gasteiger partial charge is 0.204 e. The summed E-state index contributed by atoms with van der Waals surface area (Å²) in [6, 6.07) is 18.5. The second kappa shape index (κ2) is 8.14. The van der Waals surface area contributed by atoms with Crippen molar-refractivity contribution in [3.8, 4) is 17.1 Å². The minimum absolute atomic E-state index is 0.590. The van der Waals surface area contributed by atoms with Crippen LogP contribution in [0.15, 0.2) is 67.0 Å². The number of rotatable bonds is 6. The van der Waals surface area contributed by atoms with Gasteiger partial charge in [-0.15, -0.1) is 5.10 Å². The third kappa shape index (κ3) is 4.21. The minimum atomic E-state index is 0.590. The highest BCUT2D eigenvalue weighted by atomic mass is 32.1. The monoisotopic (exact) mass is 404 g/mol. The summed E-state index contributed by atoms with van der Waals surface area (Å²) in [5, 5.41) is 9.13. The Balaban J connectivity index is 1.72. The van der Waals surface area contributed by atoms with E-state index in [1.54, 1.807) is 0 Å². The highest BCUT2D eigenvalue weighted by molar-refractivity contribution is 7.71. The fraction of sp³-hybridized carbons (Fsp3) is 0.227. The Labute approximate surface area is 175 Å². The third-order valence-electron chi connectivity index (χ3n) is 4.72. The number of aryl methyl sites for hydroxylation is 2. The van der Waals surface area contributed by atoms with Crippen LogP contribution in [0.4, 0.5) is 0 Å². The summed E-state index contributed by atoms with van der Waals surface area (Å²) < 4.78 is 6.42. The van der Waals surface area contributed by atoms with Gasteiger partial charge in [0.05, 0.1) is 18.6 Å². The first kappa shape index (κ1) is 19.3. The molecule has 0 aliphatic carbocycles. The van der Waals surface area contributed by atoms with Gasteiger partial charge in [0.1, 0.15) is 0 Å². The van der Waals surface area contributed by atoms with Crippen molar-refractivity contribution in [2.45, 2.75) is 20.1 Å². The van der Waals surface area contributed by atoms with Gasteiger partial charge in [-0.2, -0.15) is 5.10 Å². The van der Waals surface area contributed by atoms with Crippen LogP contribution >= 0.6 is 12.2 Å². The van der Waals surface area contributed by atoms with E-state index in [0.717, 1.165) is 29.2 Å². The van der Waals surface area contributed by atoms with Gasteiger partial charge < -0.3 is 0 Å². The molecule has 0 atom stereocenters. The fourth-order valence-electron chi connectivity index (χ4n) is 3.42. The first-order valence-corrected chi connectivity index (χ1v) is 9.90. The minimum Gasteiger partial charge on any atom is -0.283 e. The lowest BCUT2D eigenvalue weighted by Gasteiger charge is -2.15. The fourth-order valence-corrected chi connectivity index (χ4v) is 3.71. The van der Waals surface area contributed by atoms with Crippen LogP contribution in [0.25, 0.3) is 17.1 Å². The van der Waals surface area contributed by atoms with Gasteiger partial charge in [-0.25, -0.2) is 4.68 Å². The molecule has 148 valence electrons. The molecule has 0 fully saturated rings. The molecule has 0 amide bonds. The topological polar surface area (TPSA) is 43.8 Å². The van der Waals surface area contributed by atoms with Gasteiger partial charge in [-0.3, -0.25) is 14.1 Å². The van der Waals surface area contributed by atoms with Gasteiger partial charge in [-0.05, 0) is 43.9 Å². The van der Waals surface area contributed by atoms with Crippen LogP contribution in [-0.4, -0.2) is 36.1 Å². The summed E-state index contributed by atoms with van der Waals surface area (Å²) >= 11 is 5.85. The number of aromatic nitrogens is 5. The van der Waals surface area contributed by atoms with E-state index in [0.29, 0.717) is 11.4 Å². The molecule has 0 saturated heterocycles. The molecule has 7 heteroatoms. The first-order chi connectivity index (χ1) is 14.0. The van der Waals surface area contributed by atoms with Crippen molar-refractivity contribution in [1.82, 2.24) is 29.0 Å². The summed E-state index contributed by atoms with van der Waals surface area (Å²) in [7, 11) is 3.98. The Kier molecular flexibility index (Phi) is 5.42. The van der Waals surface area contributed by atoms with Crippen molar-refractivity contribution in [2.24, 2.45) is 7.05 Å². The van der Waals surface area contributed by atoms with Crippen LogP contribution < -0.4 is 0 Å². The lowest BCUT2D eigenvalue weighted by molar-refractivity contribution is 0.244. The quantitative estimate of drug-likeness (QED) is 0.452. The van der Waals surface area contributed by atoms with Gasteiger partial charge in [0.15, 0.2) is 5.82 Å². The highest BCUT2D eigenvalue weighted by Gasteiger charge is 2.15. The van der Waals surface area contributed by atoms with Crippen molar-refractivity contribution in [2.75, 3.05) is 7.05 Å².